The molecule has 7 nitrogen and oxygen atoms in total. The molecule has 0 aliphatic heterocycles. The third-order valence-corrected chi connectivity index (χ3v) is 7.30. The first kappa shape index (κ1) is 22.9. The summed E-state index contributed by atoms with van der Waals surface area (Å²) in [5, 5.41) is 3.00. The van der Waals surface area contributed by atoms with E-state index in [-0.39, 0.29) is 29.1 Å². The number of methoxy groups -OCH3 is 2. The lowest BCUT2D eigenvalue weighted by Crippen LogP contribution is -2.45. The first-order valence-corrected chi connectivity index (χ1v) is 11.9. The maximum atomic E-state index is 13.7. The molecule has 0 aromatic heterocycles. The molecule has 0 heterocycles. The van der Waals surface area contributed by atoms with Gasteiger partial charge in [0.2, 0.25) is 5.91 Å². The summed E-state index contributed by atoms with van der Waals surface area (Å²) >= 11 is 0. The van der Waals surface area contributed by atoms with Crippen LogP contribution in [-0.4, -0.2) is 41.1 Å². The molecule has 1 aliphatic carbocycles. The van der Waals surface area contributed by atoms with Gasteiger partial charge in [0.05, 0.1) is 19.9 Å². The summed E-state index contributed by atoms with van der Waals surface area (Å²) in [7, 11) is -1.10. The number of anilines is 1. The van der Waals surface area contributed by atoms with Crippen molar-refractivity contribution in [2.45, 2.75) is 50.0 Å². The van der Waals surface area contributed by atoms with Crippen molar-refractivity contribution in [1.29, 1.82) is 0 Å². The number of aryl methyl sites for hydroxylation is 1. The molecular formula is C23H30N2O5S. The van der Waals surface area contributed by atoms with Gasteiger partial charge in [-0.15, -0.1) is 0 Å². The van der Waals surface area contributed by atoms with Crippen LogP contribution in [-0.2, 0) is 14.8 Å². The van der Waals surface area contributed by atoms with E-state index in [4.69, 9.17) is 9.47 Å². The summed E-state index contributed by atoms with van der Waals surface area (Å²) in [6, 6.07) is 11.7. The minimum Gasteiger partial charge on any atom is -0.497 e. The van der Waals surface area contributed by atoms with Gasteiger partial charge in [-0.1, -0.05) is 25.3 Å². The monoisotopic (exact) mass is 446 g/mol. The highest BCUT2D eigenvalue weighted by Crippen LogP contribution is 2.31. The van der Waals surface area contributed by atoms with Gasteiger partial charge in [-0.25, -0.2) is 8.42 Å². The van der Waals surface area contributed by atoms with Gasteiger partial charge in [-0.2, -0.15) is 0 Å². The van der Waals surface area contributed by atoms with Gasteiger partial charge in [0.1, 0.15) is 22.9 Å². The van der Waals surface area contributed by atoms with Crippen LogP contribution >= 0.6 is 0 Å². The van der Waals surface area contributed by atoms with Crippen molar-refractivity contribution in [3.05, 3.63) is 48.0 Å². The molecule has 3 rings (SSSR count). The highest BCUT2D eigenvalue weighted by atomic mass is 32.2. The van der Waals surface area contributed by atoms with Crippen LogP contribution in [0.4, 0.5) is 5.69 Å². The highest BCUT2D eigenvalue weighted by Gasteiger charge is 2.31. The molecule has 0 spiro atoms. The van der Waals surface area contributed by atoms with E-state index in [0.29, 0.717) is 11.4 Å². The number of carbonyl (C=O) groups excluding carboxylic acids is 1. The number of sulfonamides is 1. The lowest BCUT2D eigenvalue weighted by atomic mass is 9.95. The third-order valence-electron chi connectivity index (χ3n) is 5.51. The number of rotatable bonds is 8. The molecule has 31 heavy (non-hydrogen) atoms. The molecule has 0 saturated heterocycles. The molecular weight excluding hydrogens is 416 g/mol. The summed E-state index contributed by atoms with van der Waals surface area (Å²) in [5.41, 5.74) is 1.16. The molecule has 0 radical (unpaired) electrons. The summed E-state index contributed by atoms with van der Waals surface area (Å²) in [6.45, 7) is 1.49. The van der Waals surface area contributed by atoms with Crippen LogP contribution in [0, 0.1) is 6.92 Å². The molecule has 0 unspecified atom stereocenters. The van der Waals surface area contributed by atoms with Crippen LogP contribution in [0.1, 0.15) is 37.7 Å². The summed E-state index contributed by atoms with van der Waals surface area (Å²) in [6.07, 6.45) is 5.17. The van der Waals surface area contributed by atoms with Crippen molar-refractivity contribution in [2.24, 2.45) is 0 Å². The average molecular weight is 447 g/mol. The lowest BCUT2D eigenvalue weighted by Gasteiger charge is -2.27. The molecule has 1 N–H and O–H groups in total. The number of hydrogen-bond donors (Lipinski definition) is 1. The van der Waals surface area contributed by atoms with E-state index in [0.717, 1.165) is 35.6 Å². The Labute approximate surface area is 184 Å². The third kappa shape index (κ3) is 5.50. The standard InChI is InChI=1S/C23H30N2O5S/c1-17-9-14-21(30-3)22(15-17)31(27,28)25(19-10-12-20(29-2)13-11-19)16-23(26)24-18-7-5-4-6-8-18/h9-15,18H,4-8,16H2,1-3H3,(H,24,26). The first-order chi connectivity index (χ1) is 14.8. The number of benzene rings is 2. The zero-order valence-corrected chi connectivity index (χ0v) is 19.1. The molecule has 1 aliphatic rings. The quantitative estimate of drug-likeness (QED) is 0.669. The SMILES string of the molecule is COc1ccc(N(CC(=O)NC2CCCCC2)S(=O)(=O)c2cc(C)ccc2OC)cc1. The second kappa shape index (κ2) is 10.0. The van der Waals surface area contributed by atoms with Gasteiger partial charge in [0, 0.05) is 6.04 Å². The number of carbonyl (C=O) groups is 1. The Morgan fingerprint density at radius 2 is 1.71 bits per heavy atom. The predicted molar refractivity (Wildman–Crippen MR) is 120 cm³/mol. The van der Waals surface area contributed by atoms with E-state index >= 15 is 0 Å². The van der Waals surface area contributed by atoms with Crippen molar-refractivity contribution in [3.63, 3.8) is 0 Å². The second-order valence-electron chi connectivity index (χ2n) is 7.77. The van der Waals surface area contributed by atoms with Gasteiger partial charge in [-0.3, -0.25) is 9.10 Å². The van der Waals surface area contributed by atoms with E-state index < -0.39 is 10.0 Å². The van der Waals surface area contributed by atoms with Crippen LogP contribution in [0.3, 0.4) is 0 Å². The Bertz CT molecular complexity index is 999. The maximum absolute atomic E-state index is 13.7. The zero-order chi connectivity index (χ0) is 22.4. The molecule has 1 amide bonds. The molecule has 1 fully saturated rings. The van der Waals surface area contributed by atoms with Gasteiger partial charge in [0.15, 0.2) is 0 Å². The minimum absolute atomic E-state index is 0.0243. The van der Waals surface area contributed by atoms with Crippen molar-refractivity contribution in [1.82, 2.24) is 5.32 Å². The molecule has 168 valence electrons. The van der Waals surface area contributed by atoms with E-state index in [1.165, 1.54) is 13.5 Å². The van der Waals surface area contributed by atoms with Crippen LogP contribution < -0.4 is 19.1 Å². The second-order valence-corrected chi connectivity index (χ2v) is 9.60. The van der Waals surface area contributed by atoms with E-state index in [1.54, 1.807) is 49.6 Å². The number of ether oxygens (including phenoxy) is 2. The van der Waals surface area contributed by atoms with Gasteiger partial charge >= 0.3 is 0 Å². The van der Waals surface area contributed by atoms with Gasteiger partial charge in [0.25, 0.3) is 10.0 Å². The lowest BCUT2D eigenvalue weighted by molar-refractivity contribution is -0.120. The Morgan fingerprint density at radius 1 is 1.03 bits per heavy atom. The van der Waals surface area contributed by atoms with Crippen molar-refractivity contribution >= 4 is 21.6 Å². The largest absolute Gasteiger partial charge is 0.497 e. The summed E-state index contributed by atoms with van der Waals surface area (Å²) < 4.78 is 39.0. The van der Waals surface area contributed by atoms with Gasteiger partial charge in [-0.05, 0) is 61.7 Å². The summed E-state index contributed by atoms with van der Waals surface area (Å²) in [5.74, 6) is 0.510. The maximum Gasteiger partial charge on any atom is 0.268 e. The van der Waals surface area contributed by atoms with E-state index in [9.17, 15) is 13.2 Å². The van der Waals surface area contributed by atoms with E-state index in [1.807, 2.05) is 6.92 Å². The fourth-order valence-electron chi connectivity index (χ4n) is 3.82. The fourth-order valence-corrected chi connectivity index (χ4v) is 5.48. The zero-order valence-electron chi connectivity index (χ0n) is 18.3. The van der Waals surface area contributed by atoms with Crippen molar-refractivity contribution in [3.8, 4) is 11.5 Å². The van der Waals surface area contributed by atoms with E-state index in [2.05, 4.69) is 5.32 Å². The van der Waals surface area contributed by atoms with Crippen LogP contribution in [0.25, 0.3) is 0 Å². The number of amides is 1. The van der Waals surface area contributed by atoms with Crippen molar-refractivity contribution in [2.75, 3.05) is 25.1 Å². The molecule has 0 atom stereocenters. The number of nitrogens with one attached hydrogen (secondary N) is 1. The first-order valence-electron chi connectivity index (χ1n) is 10.5. The van der Waals surface area contributed by atoms with Crippen molar-refractivity contribution < 1.29 is 22.7 Å². The molecule has 0 bridgehead atoms. The molecule has 2 aromatic carbocycles. The Morgan fingerprint density at radius 3 is 2.32 bits per heavy atom. The fraction of sp³-hybridized carbons (Fsp3) is 0.435. The predicted octanol–water partition coefficient (Wildman–Crippen LogP) is 3.66. The smallest absolute Gasteiger partial charge is 0.268 e. The van der Waals surface area contributed by atoms with Crippen LogP contribution in [0.2, 0.25) is 0 Å². The average Bonchev–Trinajstić information content (AvgIpc) is 2.78. The Kier molecular flexibility index (Phi) is 7.43. The highest BCUT2D eigenvalue weighted by molar-refractivity contribution is 7.93. The van der Waals surface area contributed by atoms with Crippen LogP contribution in [0.15, 0.2) is 47.4 Å². The topological polar surface area (TPSA) is 84.9 Å². The Balaban J connectivity index is 1.96. The molecule has 2 aromatic rings. The molecule has 1 saturated carbocycles. The number of hydrogen-bond acceptors (Lipinski definition) is 5. The normalized spacial score (nSPS) is 14.7. The van der Waals surface area contributed by atoms with Gasteiger partial charge < -0.3 is 14.8 Å². The number of nitrogens with zero attached hydrogens (tertiary/aromatic N) is 1. The Hall–Kier alpha value is -2.74. The van der Waals surface area contributed by atoms with Crippen LogP contribution in [0.5, 0.6) is 11.5 Å². The summed E-state index contributed by atoms with van der Waals surface area (Å²) in [4.78, 5) is 12.9. The minimum atomic E-state index is -4.07. The molecule has 8 heteroatoms.